The maximum atomic E-state index is 4.39. The summed E-state index contributed by atoms with van der Waals surface area (Å²) in [5.74, 6) is 0. The van der Waals surface area contributed by atoms with Crippen LogP contribution in [0, 0.1) is 0 Å². The van der Waals surface area contributed by atoms with Gasteiger partial charge in [0.1, 0.15) is 10.0 Å². The Labute approximate surface area is 114 Å². The smallest absolute Gasteiger partial charge is 0.150 e. The highest BCUT2D eigenvalue weighted by molar-refractivity contribution is 7.14. The number of hydrogen-bond acceptors (Lipinski definition) is 6. The summed E-state index contributed by atoms with van der Waals surface area (Å²) in [5, 5.41) is 13.6. The highest BCUT2D eigenvalue weighted by atomic mass is 32.1. The highest BCUT2D eigenvalue weighted by Crippen LogP contribution is 2.28. The second-order valence-corrected chi connectivity index (χ2v) is 5.07. The highest BCUT2D eigenvalue weighted by Gasteiger charge is 2.10. The molecular weight excluding hydrogens is 258 g/mol. The van der Waals surface area contributed by atoms with Crippen LogP contribution in [-0.2, 0) is 6.54 Å². The van der Waals surface area contributed by atoms with Crippen molar-refractivity contribution >= 4 is 22.4 Å². The van der Waals surface area contributed by atoms with E-state index in [2.05, 4.69) is 32.4 Å². The third-order valence-corrected chi connectivity index (χ3v) is 3.68. The Bertz CT molecular complexity index is 689. The summed E-state index contributed by atoms with van der Waals surface area (Å²) in [6, 6.07) is 5.93. The Balaban J connectivity index is 2.02. The van der Waals surface area contributed by atoms with Crippen LogP contribution < -0.4 is 5.32 Å². The molecule has 0 bridgehead atoms. The van der Waals surface area contributed by atoms with Crippen molar-refractivity contribution in [2.24, 2.45) is 0 Å². The van der Waals surface area contributed by atoms with Crippen LogP contribution in [0.15, 0.2) is 30.6 Å². The monoisotopic (exact) mass is 271 g/mol. The molecule has 3 aromatic rings. The van der Waals surface area contributed by atoms with Gasteiger partial charge in [-0.25, -0.2) is 0 Å². The molecule has 0 aliphatic heterocycles. The Morgan fingerprint density at radius 1 is 1.16 bits per heavy atom. The first-order chi connectivity index (χ1) is 9.38. The molecule has 0 radical (unpaired) electrons. The molecule has 0 spiro atoms. The van der Waals surface area contributed by atoms with Gasteiger partial charge in [0.25, 0.3) is 0 Å². The molecule has 0 fully saturated rings. The van der Waals surface area contributed by atoms with Crippen molar-refractivity contribution < 1.29 is 0 Å². The molecule has 1 aromatic carbocycles. The number of para-hydroxylation sites is 1. The van der Waals surface area contributed by atoms with Crippen LogP contribution in [-0.4, -0.2) is 26.7 Å². The molecule has 0 atom stereocenters. The normalized spacial score (nSPS) is 11.0. The van der Waals surface area contributed by atoms with E-state index in [9.17, 15) is 0 Å². The lowest BCUT2D eigenvalue weighted by Gasteiger charge is -2.00. The molecule has 19 heavy (non-hydrogen) atoms. The third-order valence-electron chi connectivity index (χ3n) is 2.72. The summed E-state index contributed by atoms with van der Waals surface area (Å²) in [6.07, 6.45) is 3.40. The molecule has 0 unspecified atom stereocenters. The summed E-state index contributed by atoms with van der Waals surface area (Å²) in [4.78, 5) is 8.70. The van der Waals surface area contributed by atoms with Crippen molar-refractivity contribution in [3.8, 4) is 10.6 Å². The molecule has 1 N–H and O–H groups in total. The van der Waals surface area contributed by atoms with Gasteiger partial charge in [-0.1, -0.05) is 24.3 Å². The Morgan fingerprint density at radius 2 is 2.05 bits per heavy atom. The van der Waals surface area contributed by atoms with E-state index in [1.165, 1.54) is 0 Å². The second kappa shape index (κ2) is 5.38. The predicted molar refractivity (Wildman–Crippen MR) is 75.8 cm³/mol. The van der Waals surface area contributed by atoms with Gasteiger partial charge in [-0.3, -0.25) is 9.97 Å². The average Bonchev–Trinajstić information content (AvgIpc) is 2.93. The summed E-state index contributed by atoms with van der Waals surface area (Å²) in [7, 11) is 0. The molecule has 0 amide bonds. The van der Waals surface area contributed by atoms with Crippen LogP contribution in [0.4, 0.5) is 0 Å². The summed E-state index contributed by atoms with van der Waals surface area (Å²) >= 11 is 1.59. The average molecular weight is 271 g/mol. The third kappa shape index (κ3) is 2.45. The van der Waals surface area contributed by atoms with Gasteiger partial charge >= 0.3 is 0 Å². The molecule has 5 nitrogen and oxygen atoms in total. The van der Waals surface area contributed by atoms with E-state index in [1.807, 2.05) is 18.2 Å². The molecule has 96 valence electrons. The summed E-state index contributed by atoms with van der Waals surface area (Å²) in [5.41, 5.74) is 2.74. The lowest BCUT2D eigenvalue weighted by atomic mass is 10.2. The van der Waals surface area contributed by atoms with Crippen molar-refractivity contribution in [3.05, 3.63) is 35.6 Å². The fraction of sp³-hybridized carbons (Fsp3) is 0.231. The number of fused-ring (bicyclic) bond motifs is 1. The van der Waals surface area contributed by atoms with Gasteiger partial charge in [-0.05, 0) is 18.7 Å². The molecule has 2 aromatic heterocycles. The Hall–Kier alpha value is -1.92. The van der Waals surface area contributed by atoms with Crippen LogP contribution in [0.3, 0.4) is 0 Å². The van der Waals surface area contributed by atoms with Gasteiger partial charge in [-0.2, -0.15) is 0 Å². The number of nitrogens with one attached hydrogen (secondary N) is 1. The predicted octanol–water partition coefficient (Wildman–Crippen LogP) is 2.26. The number of benzene rings is 1. The number of hydrogen-bond donors (Lipinski definition) is 1. The van der Waals surface area contributed by atoms with Gasteiger partial charge in [0.2, 0.25) is 0 Å². The van der Waals surface area contributed by atoms with Crippen LogP contribution in [0.5, 0.6) is 0 Å². The fourth-order valence-electron chi connectivity index (χ4n) is 1.83. The van der Waals surface area contributed by atoms with E-state index in [1.54, 1.807) is 23.7 Å². The summed E-state index contributed by atoms with van der Waals surface area (Å²) < 4.78 is 0. The Morgan fingerprint density at radius 3 is 2.95 bits per heavy atom. The summed E-state index contributed by atoms with van der Waals surface area (Å²) in [6.45, 7) is 3.75. The largest absolute Gasteiger partial charge is 0.311 e. The lowest BCUT2D eigenvalue weighted by molar-refractivity contribution is 0.715. The fourth-order valence-corrected chi connectivity index (χ4v) is 2.67. The minimum absolute atomic E-state index is 0.755. The zero-order valence-electron chi connectivity index (χ0n) is 10.5. The number of rotatable bonds is 4. The first-order valence-corrected chi connectivity index (χ1v) is 6.93. The Kier molecular flexibility index (Phi) is 3.43. The maximum Gasteiger partial charge on any atom is 0.150 e. The van der Waals surface area contributed by atoms with Crippen LogP contribution >= 0.6 is 11.3 Å². The van der Waals surface area contributed by atoms with Crippen molar-refractivity contribution in [2.75, 3.05) is 6.54 Å². The van der Waals surface area contributed by atoms with Gasteiger partial charge in [0, 0.05) is 24.5 Å². The zero-order chi connectivity index (χ0) is 13.1. The van der Waals surface area contributed by atoms with Crippen LogP contribution in [0.2, 0.25) is 0 Å². The zero-order valence-corrected chi connectivity index (χ0v) is 11.3. The van der Waals surface area contributed by atoms with E-state index in [0.29, 0.717) is 0 Å². The van der Waals surface area contributed by atoms with Crippen LogP contribution in [0.1, 0.15) is 11.9 Å². The van der Waals surface area contributed by atoms with Crippen molar-refractivity contribution in [1.82, 2.24) is 25.5 Å². The lowest BCUT2D eigenvalue weighted by Crippen LogP contribution is -2.11. The van der Waals surface area contributed by atoms with Crippen molar-refractivity contribution in [2.45, 2.75) is 13.5 Å². The van der Waals surface area contributed by atoms with E-state index in [4.69, 9.17) is 0 Å². The van der Waals surface area contributed by atoms with Gasteiger partial charge in [0.05, 0.1) is 11.0 Å². The van der Waals surface area contributed by atoms with E-state index < -0.39 is 0 Å². The second-order valence-electron chi connectivity index (χ2n) is 4.01. The number of nitrogens with zero attached hydrogens (tertiary/aromatic N) is 4. The molecule has 6 heteroatoms. The number of aromatic nitrogens is 4. The molecule has 0 saturated carbocycles. The van der Waals surface area contributed by atoms with Crippen molar-refractivity contribution in [3.63, 3.8) is 0 Å². The molecule has 0 aliphatic rings. The molecule has 0 saturated heterocycles. The van der Waals surface area contributed by atoms with Crippen molar-refractivity contribution in [1.29, 1.82) is 0 Å². The first kappa shape index (κ1) is 12.1. The quantitative estimate of drug-likeness (QED) is 0.788. The van der Waals surface area contributed by atoms with Gasteiger partial charge in [0.15, 0.2) is 0 Å². The first-order valence-electron chi connectivity index (χ1n) is 6.11. The maximum absolute atomic E-state index is 4.39. The molecular formula is C13H13N5S. The van der Waals surface area contributed by atoms with E-state index in [0.717, 1.165) is 39.7 Å². The standard InChI is InChI=1S/C13H13N5S/c1-2-14-8-11-17-18-13(19-11)9-4-3-5-10-12(9)16-7-6-15-10/h3-7,14H,2,8H2,1H3. The van der Waals surface area contributed by atoms with E-state index in [-0.39, 0.29) is 0 Å². The SMILES string of the molecule is CCNCc1nnc(-c2cccc3nccnc23)s1. The molecule has 0 aliphatic carbocycles. The van der Waals surface area contributed by atoms with Gasteiger partial charge < -0.3 is 5.32 Å². The molecule has 2 heterocycles. The minimum Gasteiger partial charge on any atom is -0.311 e. The molecule has 3 rings (SSSR count). The topological polar surface area (TPSA) is 63.6 Å². The van der Waals surface area contributed by atoms with Gasteiger partial charge in [-0.15, -0.1) is 10.2 Å². The van der Waals surface area contributed by atoms with E-state index >= 15 is 0 Å². The van der Waals surface area contributed by atoms with Crippen LogP contribution in [0.25, 0.3) is 21.6 Å². The minimum atomic E-state index is 0.755.